The summed E-state index contributed by atoms with van der Waals surface area (Å²) in [5.74, 6) is -3.50. The molecule has 0 aliphatic carbocycles. The van der Waals surface area contributed by atoms with Crippen molar-refractivity contribution in [2.24, 2.45) is 0 Å². The number of hydrogen-bond donors (Lipinski definition) is 2. The zero-order chi connectivity index (χ0) is 13.8. The number of rotatable bonds is 3. The normalized spacial score (nSPS) is 16.4. The molecule has 0 atom stereocenters. The molecular formula is C13H15F3N2O. The van der Waals surface area contributed by atoms with Crippen molar-refractivity contribution in [1.82, 2.24) is 10.6 Å². The molecule has 2 N–H and O–H groups in total. The van der Waals surface area contributed by atoms with Gasteiger partial charge < -0.3 is 10.6 Å². The molecule has 1 heterocycles. The summed E-state index contributed by atoms with van der Waals surface area (Å²) in [6.45, 7) is 1.62. The van der Waals surface area contributed by atoms with Gasteiger partial charge in [0.1, 0.15) is 17.5 Å². The van der Waals surface area contributed by atoms with Crippen molar-refractivity contribution in [3.63, 3.8) is 0 Å². The molecule has 0 bridgehead atoms. The fraction of sp³-hybridized carbons (Fsp3) is 0.462. The minimum absolute atomic E-state index is 0.0281. The van der Waals surface area contributed by atoms with Gasteiger partial charge in [0.25, 0.3) is 0 Å². The Hall–Kier alpha value is -1.56. The van der Waals surface area contributed by atoms with Gasteiger partial charge in [-0.1, -0.05) is 0 Å². The first kappa shape index (κ1) is 13.9. The Balaban J connectivity index is 1.98. The second-order valence-corrected chi connectivity index (χ2v) is 4.62. The van der Waals surface area contributed by atoms with Gasteiger partial charge in [-0.15, -0.1) is 0 Å². The van der Waals surface area contributed by atoms with Gasteiger partial charge in [-0.3, -0.25) is 4.79 Å². The lowest BCUT2D eigenvalue weighted by atomic mass is 10.1. The summed E-state index contributed by atoms with van der Waals surface area (Å²) in [5.41, 5.74) is -0.396. The molecule has 0 aromatic heterocycles. The molecule has 2 rings (SSSR count). The number of carbonyl (C=O) groups excluding carboxylic acids is 1. The third kappa shape index (κ3) is 3.70. The Labute approximate surface area is 109 Å². The fourth-order valence-electron chi connectivity index (χ4n) is 2.15. The van der Waals surface area contributed by atoms with Crippen LogP contribution in [0.15, 0.2) is 12.1 Å². The number of piperidine rings is 1. The highest BCUT2D eigenvalue weighted by atomic mass is 19.1. The minimum atomic E-state index is -1.03. The van der Waals surface area contributed by atoms with E-state index >= 15 is 0 Å². The highest BCUT2D eigenvalue weighted by Gasteiger charge is 2.19. The highest BCUT2D eigenvalue weighted by molar-refractivity contribution is 5.79. The van der Waals surface area contributed by atoms with E-state index < -0.39 is 35.3 Å². The van der Waals surface area contributed by atoms with Crippen LogP contribution < -0.4 is 10.6 Å². The number of carbonyl (C=O) groups is 1. The van der Waals surface area contributed by atoms with Crippen LogP contribution in [0.5, 0.6) is 0 Å². The van der Waals surface area contributed by atoms with Crippen LogP contribution in [0.25, 0.3) is 0 Å². The summed E-state index contributed by atoms with van der Waals surface area (Å²) in [6.07, 6.45) is 1.17. The first-order valence-corrected chi connectivity index (χ1v) is 6.20. The largest absolute Gasteiger partial charge is 0.353 e. The van der Waals surface area contributed by atoms with Crippen molar-refractivity contribution >= 4 is 5.91 Å². The van der Waals surface area contributed by atoms with E-state index in [2.05, 4.69) is 10.6 Å². The Morgan fingerprint density at radius 3 is 2.37 bits per heavy atom. The predicted octanol–water partition coefficient (Wildman–Crippen LogP) is 1.51. The zero-order valence-corrected chi connectivity index (χ0v) is 10.3. The van der Waals surface area contributed by atoms with Crippen molar-refractivity contribution in [2.75, 3.05) is 13.1 Å². The average Bonchev–Trinajstić information content (AvgIpc) is 2.35. The highest BCUT2D eigenvalue weighted by Crippen LogP contribution is 2.15. The van der Waals surface area contributed by atoms with E-state index in [-0.39, 0.29) is 6.04 Å². The maximum atomic E-state index is 13.4. The predicted molar refractivity (Wildman–Crippen MR) is 64.1 cm³/mol. The van der Waals surface area contributed by atoms with Crippen LogP contribution in [0, 0.1) is 17.5 Å². The quantitative estimate of drug-likeness (QED) is 0.876. The van der Waals surface area contributed by atoms with Crippen LogP contribution >= 0.6 is 0 Å². The first-order chi connectivity index (χ1) is 9.06. The summed E-state index contributed by atoms with van der Waals surface area (Å²) in [6, 6.07) is 1.19. The lowest BCUT2D eigenvalue weighted by Gasteiger charge is -2.23. The summed E-state index contributed by atoms with van der Waals surface area (Å²) >= 11 is 0. The first-order valence-electron chi connectivity index (χ1n) is 6.20. The molecule has 1 saturated heterocycles. The molecule has 0 saturated carbocycles. The van der Waals surface area contributed by atoms with Crippen LogP contribution in [-0.2, 0) is 11.2 Å². The minimum Gasteiger partial charge on any atom is -0.353 e. The van der Waals surface area contributed by atoms with Gasteiger partial charge in [0.15, 0.2) is 0 Å². The van der Waals surface area contributed by atoms with Gasteiger partial charge in [-0.25, -0.2) is 13.2 Å². The number of halogens is 3. The van der Waals surface area contributed by atoms with E-state index in [4.69, 9.17) is 0 Å². The maximum absolute atomic E-state index is 13.4. The smallest absolute Gasteiger partial charge is 0.224 e. The lowest BCUT2D eigenvalue weighted by Crippen LogP contribution is -2.43. The third-order valence-corrected chi connectivity index (χ3v) is 3.15. The molecule has 0 unspecified atom stereocenters. The monoisotopic (exact) mass is 272 g/mol. The summed E-state index contributed by atoms with van der Waals surface area (Å²) < 4.78 is 39.5. The van der Waals surface area contributed by atoms with E-state index in [1.807, 2.05) is 0 Å². The topological polar surface area (TPSA) is 41.1 Å². The van der Waals surface area contributed by atoms with E-state index in [1.165, 1.54) is 0 Å². The van der Waals surface area contributed by atoms with E-state index in [1.54, 1.807) is 0 Å². The summed E-state index contributed by atoms with van der Waals surface area (Å²) in [5, 5.41) is 5.88. The van der Waals surface area contributed by atoms with Crippen molar-refractivity contribution in [1.29, 1.82) is 0 Å². The Morgan fingerprint density at radius 2 is 1.79 bits per heavy atom. The molecule has 1 amide bonds. The maximum Gasteiger partial charge on any atom is 0.224 e. The van der Waals surface area contributed by atoms with Gasteiger partial charge in [0.2, 0.25) is 5.91 Å². The zero-order valence-electron chi connectivity index (χ0n) is 10.3. The Bertz CT molecular complexity index is 450. The molecule has 1 aliphatic rings. The molecule has 0 spiro atoms. The summed E-state index contributed by atoms with van der Waals surface area (Å²) in [7, 11) is 0. The number of nitrogens with one attached hydrogen (secondary N) is 2. The van der Waals surface area contributed by atoms with E-state index in [0.717, 1.165) is 25.9 Å². The van der Waals surface area contributed by atoms with Crippen molar-refractivity contribution in [3.05, 3.63) is 35.1 Å². The molecule has 3 nitrogen and oxygen atoms in total. The molecular weight excluding hydrogens is 257 g/mol. The van der Waals surface area contributed by atoms with E-state index in [9.17, 15) is 18.0 Å². The van der Waals surface area contributed by atoms with Crippen LogP contribution in [0.3, 0.4) is 0 Å². The Kier molecular flexibility index (Phi) is 4.42. The molecule has 1 aliphatic heterocycles. The van der Waals surface area contributed by atoms with Crippen LogP contribution in [0.2, 0.25) is 0 Å². The second kappa shape index (κ2) is 6.06. The molecule has 19 heavy (non-hydrogen) atoms. The second-order valence-electron chi connectivity index (χ2n) is 4.62. The molecule has 1 fully saturated rings. The van der Waals surface area contributed by atoms with Gasteiger partial charge in [-0.05, 0) is 25.9 Å². The van der Waals surface area contributed by atoms with Crippen LogP contribution in [0.4, 0.5) is 13.2 Å². The van der Waals surface area contributed by atoms with Crippen LogP contribution in [-0.4, -0.2) is 25.0 Å². The average molecular weight is 272 g/mol. The van der Waals surface area contributed by atoms with Crippen molar-refractivity contribution in [2.45, 2.75) is 25.3 Å². The van der Waals surface area contributed by atoms with Gasteiger partial charge in [0, 0.05) is 23.7 Å². The molecule has 1 aromatic carbocycles. The number of hydrogen-bond acceptors (Lipinski definition) is 2. The molecule has 6 heteroatoms. The van der Waals surface area contributed by atoms with E-state index in [0.29, 0.717) is 12.1 Å². The number of amides is 1. The number of benzene rings is 1. The SMILES string of the molecule is O=C(Cc1c(F)cc(F)cc1F)NC1CCNCC1. The molecule has 0 radical (unpaired) electrons. The van der Waals surface area contributed by atoms with Gasteiger partial charge >= 0.3 is 0 Å². The van der Waals surface area contributed by atoms with Crippen LogP contribution in [0.1, 0.15) is 18.4 Å². The standard InChI is InChI=1S/C13H15F3N2O/c14-8-5-11(15)10(12(16)6-8)7-13(19)18-9-1-3-17-4-2-9/h5-6,9,17H,1-4,7H2,(H,18,19). The van der Waals surface area contributed by atoms with Crippen molar-refractivity contribution in [3.8, 4) is 0 Å². The van der Waals surface area contributed by atoms with Gasteiger partial charge in [0.05, 0.1) is 6.42 Å². The summed E-state index contributed by atoms with van der Waals surface area (Å²) in [4.78, 5) is 11.7. The molecule has 104 valence electrons. The third-order valence-electron chi connectivity index (χ3n) is 3.15. The van der Waals surface area contributed by atoms with Crippen molar-refractivity contribution < 1.29 is 18.0 Å². The lowest BCUT2D eigenvalue weighted by molar-refractivity contribution is -0.121. The van der Waals surface area contributed by atoms with Gasteiger partial charge in [-0.2, -0.15) is 0 Å². The Morgan fingerprint density at radius 1 is 1.21 bits per heavy atom. The fourth-order valence-corrected chi connectivity index (χ4v) is 2.15. The molecule has 1 aromatic rings.